The molecule has 2 heterocycles. The Hall–Kier alpha value is -1.73. The van der Waals surface area contributed by atoms with Crippen LogP contribution in [0, 0.1) is 0 Å². The molecule has 0 fully saturated rings. The van der Waals surface area contributed by atoms with Crippen molar-refractivity contribution in [3.05, 3.63) is 41.5 Å². The van der Waals surface area contributed by atoms with E-state index in [-0.39, 0.29) is 6.04 Å². The number of nitrogens with one attached hydrogen (secondary N) is 1. The highest BCUT2D eigenvalue weighted by molar-refractivity contribution is 7.89. The molecular formula is C16H20N4O2S. The van der Waals surface area contributed by atoms with Gasteiger partial charge in [0.25, 0.3) is 0 Å². The molecule has 23 heavy (non-hydrogen) atoms. The molecule has 0 radical (unpaired) electrons. The quantitative estimate of drug-likeness (QED) is 0.932. The summed E-state index contributed by atoms with van der Waals surface area (Å²) >= 11 is 0. The van der Waals surface area contributed by atoms with E-state index in [0.29, 0.717) is 10.7 Å². The standard InChI is InChI=1S/C16H20N4O2S/c21-23(22,14-8-7-12-4-1-2-5-13(12)10-14)19-15-6-3-9-20-16(15)17-11-18-20/h7-8,10-11,15,19H,1-6,9H2. The highest BCUT2D eigenvalue weighted by Gasteiger charge is 2.28. The Morgan fingerprint density at radius 3 is 2.83 bits per heavy atom. The summed E-state index contributed by atoms with van der Waals surface area (Å²) in [5.74, 6) is 0.706. The van der Waals surface area contributed by atoms with Crippen LogP contribution in [0.25, 0.3) is 0 Å². The first kappa shape index (κ1) is 14.8. The lowest BCUT2D eigenvalue weighted by Gasteiger charge is -2.23. The number of rotatable bonds is 3. The van der Waals surface area contributed by atoms with E-state index in [1.807, 2.05) is 12.1 Å². The van der Waals surface area contributed by atoms with Crippen molar-refractivity contribution in [3.8, 4) is 0 Å². The third-order valence-corrected chi connectivity index (χ3v) is 6.22. The van der Waals surface area contributed by atoms with Crippen molar-refractivity contribution in [1.29, 1.82) is 0 Å². The lowest BCUT2D eigenvalue weighted by molar-refractivity contribution is 0.400. The Morgan fingerprint density at radius 1 is 1.13 bits per heavy atom. The molecule has 4 rings (SSSR count). The van der Waals surface area contributed by atoms with E-state index in [2.05, 4.69) is 14.8 Å². The van der Waals surface area contributed by atoms with Gasteiger partial charge < -0.3 is 0 Å². The van der Waals surface area contributed by atoms with Gasteiger partial charge in [0.1, 0.15) is 12.2 Å². The minimum absolute atomic E-state index is 0.299. The Bertz CT molecular complexity index is 828. The van der Waals surface area contributed by atoms with Gasteiger partial charge >= 0.3 is 0 Å². The van der Waals surface area contributed by atoms with Gasteiger partial charge in [0.15, 0.2) is 0 Å². The monoisotopic (exact) mass is 332 g/mol. The summed E-state index contributed by atoms with van der Waals surface area (Å²) in [6.45, 7) is 0.798. The minimum atomic E-state index is -3.55. The van der Waals surface area contributed by atoms with E-state index in [0.717, 1.165) is 38.6 Å². The molecule has 1 N–H and O–H groups in total. The van der Waals surface area contributed by atoms with Gasteiger partial charge in [-0.15, -0.1) is 0 Å². The Kier molecular flexibility index (Phi) is 3.69. The third kappa shape index (κ3) is 2.79. The van der Waals surface area contributed by atoms with Crippen LogP contribution in [0.1, 0.15) is 48.7 Å². The van der Waals surface area contributed by atoms with Crippen molar-refractivity contribution in [2.24, 2.45) is 0 Å². The Balaban J connectivity index is 1.62. The average Bonchev–Trinajstić information content (AvgIpc) is 3.04. The summed E-state index contributed by atoms with van der Waals surface area (Å²) < 4.78 is 30.1. The zero-order chi connectivity index (χ0) is 15.9. The van der Waals surface area contributed by atoms with E-state index in [1.165, 1.54) is 23.9 Å². The number of sulfonamides is 1. The molecule has 1 aliphatic heterocycles. The third-order valence-electron chi connectivity index (χ3n) is 4.75. The van der Waals surface area contributed by atoms with Gasteiger partial charge in [0.05, 0.1) is 10.9 Å². The highest BCUT2D eigenvalue weighted by Crippen LogP contribution is 2.27. The normalized spacial score (nSPS) is 20.8. The fourth-order valence-electron chi connectivity index (χ4n) is 3.53. The van der Waals surface area contributed by atoms with Crippen LogP contribution in [0.5, 0.6) is 0 Å². The summed E-state index contributed by atoms with van der Waals surface area (Å²) in [4.78, 5) is 4.57. The molecule has 0 amide bonds. The van der Waals surface area contributed by atoms with E-state index in [9.17, 15) is 8.42 Å². The van der Waals surface area contributed by atoms with Crippen molar-refractivity contribution >= 4 is 10.0 Å². The summed E-state index contributed by atoms with van der Waals surface area (Å²) in [5, 5.41) is 4.14. The van der Waals surface area contributed by atoms with Crippen LogP contribution < -0.4 is 4.72 Å². The van der Waals surface area contributed by atoms with Gasteiger partial charge in [-0.1, -0.05) is 6.07 Å². The van der Waals surface area contributed by atoms with Crippen LogP contribution in [0.15, 0.2) is 29.4 Å². The van der Waals surface area contributed by atoms with Crippen molar-refractivity contribution in [2.75, 3.05) is 0 Å². The maximum atomic E-state index is 12.7. The lowest BCUT2D eigenvalue weighted by Crippen LogP contribution is -2.33. The molecule has 0 spiro atoms. The van der Waals surface area contributed by atoms with Crippen LogP contribution >= 0.6 is 0 Å². The molecule has 0 bridgehead atoms. The summed E-state index contributed by atoms with van der Waals surface area (Å²) in [7, 11) is -3.55. The van der Waals surface area contributed by atoms with Crippen molar-refractivity contribution in [1.82, 2.24) is 19.5 Å². The smallest absolute Gasteiger partial charge is 0.241 e. The molecule has 1 atom stereocenters. The minimum Gasteiger partial charge on any atom is -0.248 e. The zero-order valence-electron chi connectivity index (χ0n) is 12.9. The first-order chi connectivity index (χ1) is 11.1. The maximum Gasteiger partial charge on any atom is 0.241 e. The summed E-state index contributed by atoms with van der Waals surface area (Å²) in [6.07, 6.45) is 7.48. The predicted molar refractivity (Wildman–Crippen MR) is 85.4 cm³/mol. The molecule has 0 saturated heterocycles. The van der Waals surface area contributed by atoms with Crippen LogP contribution in [0.4, 0.5) is 0 Å². The number of aryl methyl sites for hydroxylation is 3. The number of fused-ring (bicyclic) bond motifs is 2. The second-order valence-electron chi connectivity index (χ2n) is 6.30. The van der Waals surface area contributed by atoms with E-state index in [1.54, 1.807) is 10.7 Å². The molecule has 6 nitrogen and oxygen atoms in total. The fourth-order valence-corrected chi connectivity index (χ4v) is 4.81. The van der Waals surface area contributed by atoms with Gasteiger partial charge in [-0.25, -0.2) is 22.8 Å². The van der Waals surface area contributed by atoms with E-state index < -0.39 is 10.0 Å². The second-order valence-corrected chi connectivity index (χ2v) is 8.01. The number of hydrogen-bond donors (Lipinski definition) is 1. The number of benzene rings is 1. The summed E-state index contributed by atoms with van der Waals surface area (Å²) in [6, 6.07) is 5.23. The van der Waals surface area contributed by atoms with Gasteiger partial charge in [0, 0.05) is 6.54 Å². The van der Waals surface area contributed by atoms with Crippen LogP contribution in [0.3, 0.4) is 0 Å². The van der Waals surface area contributed by atoms with Gasteiger partial charge in [-0.05, 0) is 61.8 Å². The predicted octanol–water partition coefficient (Wildman–Crippen LogP) is 1.97. The molecule has 2 aliphatic rings. The molecule has 1 unspecified atom stereocenters. The first-order valence-electron chi connectivity index (χ1n) is 8.15. The van der Waals surface area contributed by atoms with Crippen LogP contribution in [-0.2, 0) is 29.4 Å². The van der Waals surface area contributed by atoms with Gasteiger partial charge in [-0.2, -0.15) is 5.10 Å². The van der Waals surface area contributed by atoms with Crippen LogP contribution in [0.2, 0.25) is 0 Å². The molecule has 7 heteroatoms. The van der Waals surface area contributed by atoms with E-state index >= 15 is 0 Å². The van der Waals surface area contributed by atoms with Crippen LogP contribution in [-0.4, -0.2) is 23.2 Å². The topological polar surface area (TPSA) is 76.9 Å². The molecule has 1 aromatic carbocycles. The average molecular weight is 332 g/mol. The molecule has 122 valence electrons. The molecule has 1 aromatic heterocycles. The van der Waals surface area contributed by atoms with Crippen molar-refractivity contribution < 1.29 is 8.42 Å². The lowest BCUT2D eigenvalue weighted by atomic mass is 9.92. The number of aromatic nitrogens is 3. The zero-order valence-corrected chi connectivity index (χ0v) is 13.7. The van der Waals surface area contributed by atoms with Crippen molar-refractivity contribution in [3.63, 3.8) is 0 Å². The maximum absolute atomic E-state index is 12.7. The number of hydrogen-bond acceptors (Lipinski definition) is 4. The molecule has 0 saturated carbocycles. The van der Waals surface area contributed by atoms with E-state index in [4.69, 9.17) is 0 Å². The first-order valence-corrected chi connectivity index (χ1v) is 9.64. The Morgan fingerprint density at radius 2 is 1.96 bits per heavy atom. The van der Waals surface area contributed by atoms with Gasteiger partial charge in [0.2, 0.25) is 10.0 Å². The highest BCUT2D eigenvalue weighted by atomic mass is 32.2. The molecular weight excluding hydrogens is 312 g/mol. The largest absolute Gasteiger partial charge is 0.248 e. The number of nitrogens with zero attached hydrogens (tertiary/aromatic N) is 3. The summed E-state index contributed by atoms with van der Waals surface area (Å²) in [5.41, 5.74) is 2.46. The second kappa shape index (κ2) is 5.72. The SMILES string of the molecule is O=S(=O)(NC1CCCn2ncnc21)c1ccc2c(c1)CCCC2. The van der Waals surface area contributed by atoms with Gasteiger partial charge in [-0.3, -0.25) is 0 Å². The Labute approximate surface area is 136 Å². The molecule has 1 aliphatic carbocycles. The van der Waals surface area contributed by atoms with Crippen molar-refractivity contribution in [2.45, 2.75) is 56.0 Å². The molecule has 2 aromatic rings. The fraction of sp³-hybridized carbons (Fsp3) is 0.500.